The molecule has 0 amide bonds. The molecule has 1 rings (SSSR count). The van der Waals surface area contributed by atoms with E-state index < -0.39 is 28.4 Å². The van der Waals surface area contributed by atoms with Crippen LogP contribution in [0.25, 0.3) is 0 Å². The summed E-state index contributed by atoms with van der Waals surface area (Å²) in [5.74, 6) is -0.779. The summed E-state index contributed by atoms with van der Waals surface area (Å²) in [5, 5.41) is 19.2. The van der Waals surface area contributed by atoms with Crippen LogP contribution < -0.4 is 0 Å². The van der Waals surface area contributed by atoms with E-state index in [1.54, 1.807) is 0 Å². The first-order valence-corrected chi connectivity index (χ1v) is 4.62. The maximum atomic E-state index is 13.0. The van der Waals surface area contributed by atoms with Gasteiger partial charge in [0.05, 0.1) is 5.02 Å². The summed E-state index contributed by atoms with van der Waals surface area (Å²) in [6.07, 6.45) is -1.52. The minimum absolute atomic E-state index is 0.00394. The van der Waals surface area contributed by atoms with Gasteiger partial charge >= 0.3 is 0 Å². The lowest BCUT2D eigenvalue weighted by molar-refractivity contribution is -0.491. The van der Waals surface area contributed by atoms with E-state index in [1.165, 1.54) is 6.07 Å². The lowest BCUT2D eigenvalue weighted by Crippen LogP contribution is -2.13. The molecule has 0 aliphatic rings. The summed E-state index contributed by atoms with van der Waals surface area (Å²) >= 11 is 11.2. The van der Waals surface area contributed by atoms with Crippen molar-refractivity contribution in [3.8, 4) is 0 Å². The van der Waals surface area contributed by atoms with Crippen molar-refractivity contribution in [1.29, 1.82) is 0 Å². The molecular formula is C8H6Cl2FNO3. The fourth-order valence-electron chi connectivity index (χ4n) is 1.08. The van der Waals surface area contributed by atoms with E-state index in [4.69, 9.17) is 23.2 Å². The molecule has 1 atom stereocenters. The van der Waals surface area contributed by atoms with Gasteiger partial charge < -0.3 is 5.11 Å². The van der Waals surface area contributed by atoms with Gasteiger partial charge in [0.2, 0.25) is 6.54 Å². The normalized spacial score (nSPS) is 12.5. The fraction of sp³-hybridized carbons (Fsp3) is 0.250. The van der Waals surface area contributed by atoms with Gasteiger partial charge in [0.15, 0.2) is 0 Å². The number of aliphatic hydroxyl groups excluding tert-OH is 1. The topological polar surface area (TPSA) is 63.4 Å². The van der Waals surface area contributed by atoms with E-state index in [0.717, 1.165) is 6.07 Å². The molecule has 0 aromatic heterocycles. The third-order valence-electron chi connectivity index (χ3n) is 1.73. The number of hydrogen-bond donors (Lipinski definition) is 1. The van der Waals surface area contributed by atoms with Crippen LogP contribution in [0, 0.1) is 15.9 Å². The van der Waals surface area contributed by atoms with Crippen LogP contribution in [-0.4, -0.2) is 16.6 Å². The molecule has 0 unspecified atom stereocenters. The van der Waals surface area contributed by atoms with Crippen LogP contribution in [0.1, 0.15) is 11.7 Å². The molecule has 1 aromatic carbocycles. The van der Waals surface area contributed by atoms with E-state index in [9.17, 15) is 19.6 Å². The molecule has 0 fully saturated rings. The maximum absolute atomic E-state index is 13.0. The molecular weight excluding hydrogens is 248 g/mol. The average Bonchev–Trinajstić information content (AvgIpc) is 2.11. The van der Waals surface area contributed by atoms with Crippen LogP contribution in [0.4, 0.5) is 4.39 Å². The molecule has 7 heteroatoms. The smallest absolute Gasteiger partial charge is 0.233 e. The molecule has 82 valence electrons. The minimum Gasteiger partial charge on any atom is -0.381 e. The second kappa shape index (κ2) is 4.74. The molecule has 0 bridgehead atoms. The minimum atomic E-state index is -1.52. The molecule has 1 aromatic rings. The predicted molar refractivity (Wildman–Crippen MR) is 53.2 cm³/mol. The number of benzene rings is 1. The third kappa shape index (κ3) is 2.77. The van der Waals surface area contributed by atoms with Crippen LogP contribution in [0.2, 0.25) is 10.0 Å². The van der Waals surface area contributed by atoms with Crippen LogP contribution in [-0.2, 0) is 0 Å². The van der Waals surface area contributed by atoms with Crippen molar-refractivity contribution >= 4 is 23.2 Å². The van der Waals surface area contributed by atoms with Crippen LogP contribution in [0.15, 0.2) is 12.1 Å². The third-order valence-corrected chi connectivity index (χ3v) is 2.45. The number of aliphatic hydroxyl groups is 1. The van der Waals surface area contributed by atoms with Crippen molar-refractivity contribution in [3.63, 3.8) is 0 Å². The van der Waals surface area contributed by atoms with Crippen LogP contribution in [0.3, 0.4) is 0 Å². The Hall–Kier alpha value is -0.910. The van der Waals surface area contributed by atoms with E-state index in [0.29, 0.717) is 0 Å². The van der Waals surface area contributed by atoms with Crippen molar-refractivity contribution in [1.82, 2.24) is 0 Å². The molecule has 4 nitrogen and oxygen atoms in total. The molecule has 0 saturated carbocycles. The zero-order valence-corrected chi connectivity index (χ0v) is 8.80. The van der Waals surface area contributed by atoms with Gasteiger partial charge in [-0.05, 0) is 12.1 Å². The predicted octanol–water partition coefficient (Wildman–Crippen LogP) is 2.44. The molecule has 1 N–H and O–H groups in total. The fourth-order valence-corrected chi connectivity index (χ4v) is 1.70. The molecule has 0 aliphatic carbocycles. The highest BCUT2D eigenvalue weighted by atomic mass is 35.5. The van der Waals surface area contributed by atoms with E-state index in [1.807, 2.05) is 0 Å². The summed E-state index contributed by atoms with van der Waals surface area (Å²) in [6.45, 7) is -0.775. The standard InChI is InChI=1S/C8H6Cl2FNO3/c9-4-1-2-5(11)8(10)7(4)6(13)3-12(14)15/h1-2,6,13H,3H2/t6-/m1/s1. The van der Waals surface area contributed by atoms with Crippen molar-refractivity contribution in [2.24, 2.45) is 0 Å². The van der Waals surface area contributed by atoms with Crippen LogP contribution in [0.5, 0.6) is 0 Å². The quantitative estimate of drug-likeness (QED) is 0.511. The lowest BCUT2D eigenvalue weighted by atomic mass is 10.1. The number of nitro groups is 1. The second-order valence-electron chi connectivity index (χ2n) is 2.79. The first kappa shape index (κ1) is 12.2. The highest BCUT2D eigenvalue weighted by Crippen LogP contribution is 2.32. The lowest BCUT2D eigenvalue weighted by Gasteiger charge is -2.10. The maximum Gasteiger partial charge on any atom is 0.233 e. The summed E-state index contributed by atoms with van der Waals surface area (Å²) in [5.41, 5.74) is -0.157. The van der Waals surface area contributed by atoms with Crippen molar-refractivity contribution in [2.45, 2.75) is 6.10 Å². The van der Waals surface area contributed by atoms with Gasteiger partial charge in [0.1, 0.15) is 11.9 Å². The Bertz CT molecular complexity index is 400. The van der Waals surface area contributed by atoms with E-state index in [-0.39, 0.29) is 10.6 Å². The van der Waals surface area contributed by atoms with Gasteiger partial charge in [0.25, 0.3) is 0 Å². The zero-order valence-electron chi connectivity index (χ0n) is 7.28. The number of rotatable bonds is 3. The summed E-state index contributed by atoms with van der Waals surface area (Å²) < 4.78 is 13.0. The molecule has 0 saturated heterocycles. The number of hydrogen-bond acceptors (Lipinski definition) is 3. The first-order valence-electron chi connectivity index (χ1n) is 3.86. The Labute approximate surface area is 94.4 Å². The Balaban J connectivity index is 3.12. The van der Waals surface area contributed by atoms with Gasteiger partial charge in [-0.15, -0.1) is 0 Å². The van der Waals surface area contributed by atoms with E-state index >= 15 is 0 Å². The first-order chi connectivity index (χ1) is 6.93. The molecule has 15 heavy (non-hydrogen) atoms. The average molecular weight is 254 g/mol. The van der Waals surface area contributed by atoms with Crippen molar-refractivity contribution in [3.05, 3.63) is 43.7 Å². The largest absolute Gasteiger partial charge is 0.381 e. The summed E-state index contributed by atoms with van der Waals surface area (Å²) in [4.78, 5) is 9.42. The Morgan fingerprint density at radius 1 is 1.53 bits per heavy atom. The monoisotopic (exact) mass is 253 g/mol. The van der Waals surface area contributed by atoms with Crippen LogP contribution >= 0.6 is 23.2 Å². The van der Waals surface area contributed by atoms with Gasteiger partial charge in [-0.2, -0.15) is 0 Å². The van der Waals surface area contributed by atoms with E-state index in [2.05, 4.69) is 0 Å². The van der Waals surface area contributed by atoms with Gasteiger partial charge in [0, 0.05) is 15.5 Å². The van der Waals surface area contributed by atoms with Gasteiger partial charge in [-0.1, -0.05) is 23.2 Å². The Morgan fingerprint density at radius 2 is 2.13 bits per heavy atom. The van der Waals surface area contributed by atoms with Gasteiger partial charge in [-0.3, -0.25) is 10.1 Å². The highest BCUT2D eigenvalue weighted by Gasteiger charge is 2.22. The molecule has 0 radical (unpaired) electrons. The van der Waals surface area contributed by atoms with Crippen molar-refractivity contribution in [2.75, 3.05) is 6.54 Å². The number of halogens is 3. The van der Waals surface area contributed by atoms with Crippen molar-refractivity contribution < 1.29 is 14.4 Å². The summed E-state index contributed by atoms with van der Waals surface area (Å²) in [6, 6.07) is 2.20. The molecule has 0 spiro atoms. The van der Waals surface area contributed by atoms with Gasteiger partial charge in [-0.25, -0.2) is 4.39 Å². The molecule has 0 heterocycles. The Morgan fingerprint density at radius 3 is 2.67 bits per heavy atom. The highest BCUT2D eigenvalue weighted by molar-refractivity contribution is 6.36. The summed E-state index contributed by atoms with van der Waals surface area (Å²) in [7, 11) is 0. The second-order valence-corrected chi connectivity index (χ2v) is 3.57. The Kier molecular flexibility index (Phi) is 3.84. The zero-order chi connectivity index (χ0) is 11.6. The molecule has 0 aliphatic heterocycles. The SMILES string of the molecule is O=[N+]([O-])C[C@@H](O)c1c(Cl)ccc(F)c1Cl. The number of nitrogens with zero attached hydrogens (tertiary/aromatic N) is 1.